The van der Waals surface area contributed by atoms with Gasteiger partial charge in [-0.15, -0.1) is 0 Å². The number of para-hydroxylation sites is 1. The Morgan fingerprint density at radius 1 is 0.345 bits per heavy atom. The minimum Gasteiger partial charge on any atom is -0.455 e. The second-order valence-electron chi connectivity index (χ2n) is 15.1. The van der Waals surface area contributed by atoms with E-state index in [0.29, 0.717) is 5.82 Å². The van der Waals surface area contributed by atoms with Gasteiger partial charge < -0.3 is 8.83 Å². The summed E-state index contributed by atoms with van der Waals surface area (Å²) < 4.78 is 13.9. The summed E-state index contributed by atoms with van der Waals surface area (Å²) in [6.07, 6.45) is 1.84. The molecule has 0 unspecified atom stereocenters. The van der Waals surface area contributed by atoms with Crippen molar-refractivity contribution in [2.24, 2.45) is 0 Å². The van der Waals surface area contributed by atoms with Crippen molar-refractivity contribution in [3.63, 3.8) is 0 Å². The number of benzene rings is 9. The fraction of sp³-hybridized carbons (Fsp3) is 0. The maximum atomic E-state index is 6.94. The van der Waals surface area contributed by atoms with Crippen LogP contribution < -0.4 is 0 Å². The Morgan fingerprint density at radius 2 is 0.793 bits per heavy atom. The van der Waals surface area contributed by atoms with Gasteiger partial charge in [0.15, 0.2) is 5.82 Å². The van der Waals surface area contributed by atoms with Crippen LogP contribution in [-0.2, 0) is 0 Å². The molecule has 58 heavy (non-hydrogen) atoms. The minimum atomic E-state index is 0.594. The predicted molar refractivity (Wildman–Crippen MR) is 238 cm³/mol. The van der Waals surface area contributed by atoms with E-state index in [-0.39, 0.29) is 0 Å². The van der Waals surface area contributed by atoms with Gasteiger partial charge in [-0.25, -0.2) is 9.97 Å². The molecule has 0 bridgehead atoms. The molecular formula is C53H29N3O2. The highest BCUT2D eigenvalue weighted by Crippen LogP contribution is 2.46. The summed E-state index contributed by atoms with van der Waals surface area (Å²) in [7, 11) is 0. The third kappa shape index (κ3) is 4.44. The summed E-state index contributed by atoms with van der Waals surface area (Å²) in [4.78, 5) is 15.6. The molecule has 0 saturated heterocycles. The van der Waals surface area contributed by atoms with Crippen molar-refractivity contribution in [3.8, 4) is 33.9 Å². The molecule has 0 amide bonds. The lowest BCUT2D eigenvalue weighted by atomic mass is 9.94. The fourth-order valence-electron chi connectivity index (χ4n) is 9.29. The van der Waals surface area contributed by atoms with Crippen LogP contribution in [0, 0.1) is 0 Å². The number of fused-ring (bicyclic) bond motifs is 15. The largest absolute Gasteiger partial charge is 0.455 e. The summed E-state index contributed by atoms with van der Waals surface area (Å²) in [6.45, 7) is 0. The standard InChI is InChI=1S/C53H29N3O2/c1-5-15-34-30(11-1)21-23-45-47(34)49-36-17-7-3-13-32(36)27-40(51(49)57-45)43-29-44(56-53(55-43)39-25-26-54-42-20-10-9-19-38(39)42)41-28-33-14-4-8-18-37(33)50-48-35-16-6-2-12-31(35)22-24-46(48)58-52(41)50/h1-29H. The van der Waals surface area contributed by atoms with E-state index in [4.69, 9.17) is 23.8 Å². The summed E-state index contributed by atoms with van der Waals surface area (Å²) in [5.41, 5.74) is 8.33. The first-order chi connectivity index (χ1) is 28.7. The van der Waals surface area contributed by atoms with Gasteiger partial charge in [0.05, 0.1) is 16.9 Å². The monoisotopic (exact) mass is 739 g/mol. The number of pyridine rings is 1. The van der Waals surface area contributed by atoms with E-state index >= 15 is 0 Å². The molecule has 5 heteroatoms. The number of hydrogen-bond acceptors (Lipinski definition) is 5. The van der Waals surface area contributed by atoms with Gasteiger partial charge in [-0.2, -0.15) is 0 Å². The molecule has 0 saturated carbocycles. The van der Waals surface area contributed by atoms with Crippen molar-refractivity contribution in [1.82, 2.24) is 15.0 Å². The van der Waals surface area contributed by atoms with E-state index in [9.17, 15) is 0 Å². The van der Waals surface area contributed by atoms with Gasteiger partial charge in [-0.1, -0.05) is 127 Å². The highest BCUT2D eigenvalue weighted by Gasteiger charge is 2.24. The quantitative estimate of drug-likeness (QED) is 0.180. The lowest BCUT2D eigenvalue weighted by Gasteiger charge is -2.13. The van der Waals surface area contributed by atoms with E-state index < -0.39 is 0 Å². The topological polar surface area (TPSA) is 65.0 Å². The van der Waals surface area contributed by atoms with Crippen molar-refractivity contribution in [2.45, 2.75) is 0 Å². The number of furan rings is 2. The zero-order valence-electron chi connectivity index (χ0n) is 30.9. The first-order valence-corrected chi connectivity index (χ1v) is 19.5. The number of nitrogens with zero attached hydrogens (tertiary/aromatic N) is 3. The van der Waals surface area contributed by atoms with E-state index in [1.807, 2.05) is 30.5 Å². The van der Waals surface area contributed by atoms with E-state index in [1.165, 1.54) is 10.8 Å². The minimum absolute atomic E-state index is 0.594. The van der Waals surface area contributed by atoms with E-state index in [2.05, 4.69) is 146 Å². The fourth-order valence-corrected chi connectivity index (χ4v) is 9.29. The Hall–Kier alpha value is -7.89. The Bertz CT molecular complexity index is 3660. The van der Waals surface area contributed by atoms with E-state index in [0.717, 1.165) is 115 Å². The molecule has 0 fully saturated rings. The van der Waals surface area contributed by atoms with E-state index in [1.54, 1.807) is 0 Å². The first kappa shape index (κ1) is 31.3. The molecule has 0 atom stereocenters. The van der Waals surface area contributed by atoms with Crippen LogP contribution in [0.5, 0.6) is 0 Å². The number of rotatable bonds is 3. The maximum absolute atomic E-state index is 6.94. The smallest absolute Gasteiger partial charge is 0.161 e. The number of hydrogen-bond donors (Lipinski definition) is 0. The zero-order valence-corrected chi connectivity index (χ0v) is 30.9. The Balaban J connectivity index is 1.18. The van der Waals surface area contributed by atoms with Gasteiger partial charge in [0.1, 0.15) is 22.3 Å². The lowest BCUT2D eigenvalue weighted by Crippen LogP contribution is -1.98. The van der Waals surface area contributed by atoms with Crippen molar-refractivity contribution in [3.05, 3.63) is 176 Å². The van der Waals surface area contributed by atoms with Gasteiger partial charge in [-0.3, -0.25) is 4.98 Å². The average Bonchev–Trinajstić information content (AvgIpc) is 3.89. The highest BCUT2D eigenvalue weighted by atomic mass is 16.3. The molecule has 13 rings (SSSR count). The van der Waals surface area contributed by atoms with Crippen molar-refractivity contribution in [2.75, 3.05) is 0 Å². The Morgan fingerprint density at radius 3 is 1.33 bits per heavy atom. The molecule has 0 aliphatic rings. The predicted octanol–water partition coefficient (Wildman–Crippen LogP) is 14.4. The van der Waals surface area contributed by atoms with Gasteiger partial charge in [0, 0.05) is 49.8 Å². The molecular weight excluding hydrogens is 711 g/mol. The Labute approximate surface area is 330 Å². The third-order valence-corrected chi connectivity index (χ3v) is 11.9. The van der Waals surface area contributed by atoms with Crippen LogP contribution in [0.4, 0.5) is 0 Å². The van der Waals surface area contributed by atoms with Crippen LogP contribution in [-0.4, -0.2) is 15.0 Å². The molecule has 9 aromatic carbocycles. The third-order valence-electron chi connectivity index (χ3n) is 11.9. The van der Waals surface area contributed by atoms with Crippen molar-refractivity contribution >= 4 is 97.9 Å². The highest BCUT2D eigenvalue weighted by molar-refractivity contribution is 6.30. The summed E-state index contributed by atoms with van der Waals surface area (Å²) in [5.74, 6) is 0.594. The van der Waals surface area contributed by atoms with Crippen LogP contribution in [0.25, 0.3) is 132 Å². The van der Waals surface area contributed by atoms with Crippen LogP contribution in [0.3, 0.4) is 0 Å². The normalized spacial score (nSPS) is 12.1. The summed E-state index contributed by atoms with van der Waals surface area (Å²) in [6, 6.07) is 59.3. The molecule has 4 heterocycles. The molecule has 0 aliphatic carbocycles. The van der Waals surface area contributed by atoms with Crippen LogP contribution in [0.15, 0.2) is 185 Å². The van der Waals surface area contributed by atoms with Crippen LogP contribution >= 0.6 is 0 Å². The molecule has 0 aliphatic heterocycles. The van der Waals surface area contributed by atoms with Crippen LogP contribution in [0.1, 0.15) is 0 Å². The van der Waals surface area contributed by atoms with Crippen LogP contribution in [0.2, 0.25) is 0 Å². The molecule has 0 radical (unpaired) electrons. The van der Waals surface area contributed by atoms with Gasteiger partial charge in [-0.05, 0) is 85.6 Å². The SMILES string of the molecule is c1ccc2c(c1)ccc1oc3c(-c4cc(-c5cc6ccccc6c6c5oc5ccc7ccccc7c56)nc(-c5ccnc6ccccc56)n4)cc4ccccc4c3c12. The average molecular weight is 740 g/mol. The van der Waals surface area contributed by atoms with Gasteiger partial charge in [0.2, 0.25) is 0 Å². The molecule has 0 N–H and O–H groups in total. The zero-order chi connectivity index (χ0) is 37.9. The molecule has 13 aromatic rings. The van der Waals surface area contributed by atoms with Gasteiger partial charge >= 0.3 is 0 Å². The lowest BCUT2D eigenvalue weighted by molar-refractivity contribution is 0.670. The molecule has 0 spiro atoms. The molecule has 268 valence electrons. The molecule has 5 nitrogen and oxygen atoms in total. The van der Waals surface area contributed by atoms with Crippen molar-refractivity contribution in [1.29, 1.82) is 0 Å². The van der Waals surface area contributed by atoms with Gasteiger partial charge in [0.25, 0.3) is 0 Å². The second-order valence-corrected chi connectivity index (χ2v) is 15.1. The maximum Gasteiger partial charge on any atom is 0.161 e. The molecule has 4 aromatic heterocycles. The second kappa shape index (κ2) is 11.8. The Kier molecular flexibility index (Phi) is 6.38. The number of aromatic nitrogens is 3. The first-order valence-electron chi connectivity index (χ1n) is 19.5. The summed E-state index contributed by atoms with van der Waals surface area (Å²) >= 11 is 0. The summed E-state index contributed by atoms with van der Waals surface area (Å²) in [5, 5.41) is 14.5. The van der Waals surface area contributed by atoms with Crippen molar-refractivity contribution < 1.29 is 8.83 Å².